The van der Waals surface area contributed by atoms with Gasteiger partial charge in [-0.2, -0.15) is 0 Å². The summed E-state index contributed by atoms with van der Waals surface area (Å²) in [6, 6.07) is 9.36. The van der Waals surface area contributed by atoms with Gasteiger partial charge in [0, 0.05) is 12.2 Å². The molecule has 0 aliphatic carbocycles. The third kappa shape index (κ3) is 1.91. The van der Waals surface area contributed by atoms with Crippen molar-refractivity contribution in [2.45, 2.75) is 13.3 Å². The summed E-state index contributed by atoms with van der Waals surface area (Å²) in [7, 11) is 0. The van der Waals surface area contributed by atoms with E-state index in [2.05, 4.69) is 17.5 Å². The van der Waals surface area contributed by atoms with Gasteiger partial charge in [-0.05, 0) is 25.5 Å². The van der Waals surface area contributed by atoms with Crippen LogP contribution in [0.25, 0.3) is 0 Å². The molecule has 1 aliphatic heterocycles. The van der Waals surface area contributed by atoms with Gasteiger partial charge in [-0.25, -0.2) is 0 Å². The van der Waals surface area contributed by atoms with E-state index in [4.69, 9.17) is 0 Å². The van der Waals surface area contributed by atoms with Crippen LogP contribution in [0.2, 0.25) is 0 Å². The number of anilines is 1. The zero-order valence-electron chi connectivity index (χ0n) is 9.51. The van der Waals surface area contributed by atoms with E-state index in [9.17, 15) is 9.59 Å². The molecule has 1 atom stereocenters. The van der Waals surface area contributed by atoms with Crippen molar-refractivity contribution in [2.24, 2.45) is 5.41 Å². The number of para-hydroxylation sites is 1. The molecule has 1 saturated heterocycles. The summed E-state index contributed by atoms with van der Waals surface area (Å²) in [4.78, 5) is 25.6. The summed E-state index contributed by atoms with van der Waals surface area (Å²) in [5.41, 5.74) is -0.175. The van der Waals surface area contributed by atoms with Crippen LogP contribution in [0.3, 0.4) is 0 Å². The monoisotopic (exact) mass is 250 g/mol. The average molecular weight is 250 g/mol. The van der Waals surface area contributed by atoms with E-state index in [1.165, 1.54) is 0 Å². The highest BCUT2D eigenvalue weighted by Crippen LogP contribution is 2.34. The molecule has 1 heterocycles. The lowest BCUT2D eigenvalue weighted by Gasteiger charge is -2.21. The molecular formula is C12H14N2O2S. The molecule has 1 N–H and O–H groups in total. The van der Waals surface area contributed by atoms with Gasteiger partial charge in [0.15, 0.2) is 0 Å². The Labute approximate surface area is 106 Å². The number of nitrogens with zero attached hydrogens (tertiary/aromatic N) is 1. The van der Waals surface area contributed by atoms with Crippen LogP contribution < -0.4 is 9.62 Å². The Bertz CT molecular complexity index is 449. The number of thiol groups is 1. The molecule has 2 amide bonds. The molecule has 4 nitrogen and oxygen atoms in total. The fourth-order valence-electron chi connectivity index (χ4n) is 2.03. The predicted octanol–water partition coefficient (Wildman–Crippen LogP) is 1.39. The zero-order valence-corrected chi connectivity index (χ0v) is 10.4. The Hall–Kier alpha value is -1.49. The minimum absolute atomic E-state index is 0.171. The molecule has 1 aromatic carbocycles. The maximum atomic E-state index is 12.3. The van der Waals surface area contributed by atoms with Crippen LogP contribution in [0.5, 0.6) is 0 Å². The standard InChI is InChI=1S/C12H14N2O2S/c1-12(10(15)13-17)7-8-14(11(12)16)9-5-3-2-4-6-9/h2-6,17H,7-8H2,1H3,(H,13,15). The summed E-state index contributed by atoms with van der Waals surface area (Å²) in [5.74, 6) is -0.514. The van der Waals surface area contributed by atoms with E-state index in [-0.39, 0.29) is 11.8 Å². The summed E-state index contributed by atoms with van der Waals surface area (Å²) in [5, 5.41) is 0. The van der Waals surface area contributed by atoms with Crippen molar-refractivity contribution in [3.8, 4) is 0 Å². The maximum absolute atomic E-state index is 12.3. The van der Waals surface area contributed by atoms with Crippen LogP contribution in [-0.4, -0.2) is 18.4 Å². The van der Waals surface area contributed by atoms with Crippen LogP contribution in [0, 0.1) is 5.41 Å². The Morgan fingerprint density at radius 3 is 2.65 bits per heavy atom. The zero-order chi connectivity index (χ0) is 12.5. The maximum Gasteiger partial charge on any atom is 0.245 e. The van der Waals surface area contributed by atoms with Crippen molar-refractivity contribution in [1.29, 1.82) is 0 Å². The van der Waals surface area contributed by atoms with Crippen LogP contribution in [-0.2, 0) is 9.59 Å². The van der Waals surface area contributed by atoms with Gasteiger partial charge in [-0.1, -0.05) is 31.0 Å². The molecule has 0 saturated carbocycles. The van der Waals surface area contributed by atoms with Gasteiger partial charge in [0.25, 0.3) is 0 Å². The van der Waals surface area contributed by atoms with Crippen molar-refractivity contribution >= 4 is 30.3 Å². The summed E-state index contributed by atoms with van der Waals surface area (Å²) in [6.07, 6.45) is 0.507. The van der Waals surface area contributed by atoms with E-state index < -0.39 is 5.41 Å². The average Bonchev–Trinajstić information content (AvgIpc) is 2.67. The van der Waals surface area contributed by atoms with Crippen molar-refractivity contribution in [2.75, 3.05) is 11.4 Å². The van der Waals surface area contributed by atoms with E-state index >= 15 is 0 Å². The second-order valence-corrected chi connectivity index (χ2v) is 4.54. The van der Waals surface area contributed by atoms with Crippen LogP contribution in [0.1, 0.15) is 13.3 Å². The molecule has 17 heavy (non-hydrogen) atoms. The third-order valence-electron chi connectivity index (χ3n) is 3.22. The lowest BCUT2D eigenvalue weighted by Crippen LogP contribution is -2.42. The second-order valence-electron chi connectivity index (χ2n) is 4.32. The summed E-state index contributed by atoms with van der Waals surface area (Å²) < 4.78 is 2.26. The number of rotatable bonds is 2. The van der Waals surface area contributed by atoms with Crippen molar-refractivity contribution in [1.82, 2.24) is 4.72 Å². The SMILES string of the molecule is CC1(C(=O)NS)CCN(c2ccccc2)C1=O. The molecular weight excluding hydrogens is 236 g/mol. The molecule has 90 valence electrons. The molecule has 0 aromatic heterocycles. The lowest BCUT2D eigenvalue weighted by atomic mass is 9.88. The third-order valence-corrected chi connectivity index (χ3v) is 3.43. The molecule has 0 spiro atoms. The number of benzene rings is 1. The highest BCUT2D eigenvalue weighted by atomic mass is 32.1. The molecule has 0 radical (unpaired) electrons. The normalized spacial score (nSPS) is 23.9. The van der Waals surface area contributed by atoms with Crippen LogP contribution >= 0.6 is 12.8 Å². The smallest absolute Gasteiger partial charge is 0.245 e. The molecule has 0 bridgehead atoms. The lowest BCUT2D eigenvalue weighted by molar-refractivity contribution is -0.137. The van der Waals surface area contributed by atoms with E-state index in [0.29, 0.717) is 13.0 Å². The van der Waals surface area contributed by atoms with Gasteiger partial charge in [-0.15, -0.1) is 0 Å². The number of hydrogen-bond acceptors (Lipinski definition) is 3. The molecule has 5 heteroatoms. The Balaban J connectivity index is 2.27. The van der Waals surface area contributed by atoms with Gasteiger partial charge >= 0.3 is 0 Å². The van der Waals surface area contributed by atoms with Crippen molar-refractivity contribution < 1.29 is 9.59 Å². The Kier molecular flexibility index (Phi) is 3.11. The molecule has 1 fully saturated rings. The predicted molar refractivity (Wildman–Crippen MR) is 68.6 cm³/mol. The first-order chi connectivity index (χ1) is 8.09. The van der Waals surface area contributed by atoms with Crippen molar-refractivity contribution in [3.63, 3.8) is 0 Å². The van der Waals surface area contributed by atoms with E-state index in [0.717, 1.165) is 5.69 Å². The first kappa shape index (κ1) is 12.0. The number of hydrogen-bond donors (Lipinski definition) is 2. The topological polar surface area (TPSA) is 49.4 Å². The number of nitrogens with one attached hydrogen (secondary N) is 1. The number of amides is 2. The van der Waals surface area contributed by atoms with Crippen molar-refractivity contribution in [3.05, 3.63) is 30.3 Å². The molecule has 1 aromatic rings. The quantitative estimate of drug-likeness (QED) is 0.615. The van der Waals surface area contributed by atoms with Crippen LogP contribution in [0.15, 0.2) is 30.3 Å². The van der Waals surface area contributed by atoms with Gasteiger partial charge in [0.1, 0.15) is 5.41 Å². The van der Waals surface area contributed by atoms with Crippen LogP contribution in [0.4, 0.5) is 5.69 Å². The molecule has 2 rings (SSSR count). The second kappa shape index (κ2) is 4.41. The Morgan fingerprint density at radius 1 is 1.41 bits per heavy atom. The minimum Gasteiger partial charge on any atom is -0.311 e. The van der Waals surface area contributed by atoms with E-state index in [1.54, 1.807) is 11.8 Å². The molecule has 1 unspecified atom stereocenters. The fourth-order valence-corrected chi connectivity index (χ4v) is 2.28. The largest absolute Gasteiger partial charge is 0.311 e. The van der Waals surface area contributed by atoms with Gasteiger partial charge in [0.2, 0.25) is 11.8 Å². The van der Waals surface area contributed by atoms with Gasteiger partial charge < -0.3 is 9.62 Å². The first-order valence-electron chi connectivity index (χ1n) is 5.41. The summed E-state index contributed by atoms with van der Waals surface area (Å²) in [6.45, 7) is 2.21. The van der Waals surface area contributed by atoms with E-state index in [1.807, 2.05) is 30.3 Å². The molecule has 1 aliphatic rings. The van der Waals surface area contributed by atoms with Gasteiger partial charge in [0.05, 0.1) is 0 Å². The fraction of sp³-hybridized carbons (Fsp3) is 0.333. The highest BCUT2D eigenvalue weighted by Gasteiger charge is 2.48. The van der Waals surface area contributed by atoms with Gasteiger partial charge in [-0.3, -0.25) is 9.59 Å². The highest BCUT2D eigenvalue weighted by molar-refractivity contribution is 7.78. The summed E-state index contributed by atoms with van der Waals surface area (Å²) >= 11 is 3.73. The minimum atomic E-state index is -1.00. The number of carbonyl (C=O) groups is 2. The first-order valence-corrected chi connectivity index (χ1v) is 5.86. The number of carbonyl (C=O) groups excluding carboxylic acids is 2. The Morgan fingerprint density at radius 2 is 2.06 bits per heavy atom.